The number of nitrogens with two attached hydrogens (primary N) is 1. The zero-order valence-electron chi connectivity index (χ0n) is 10.5. The van der Waals surface area contributed by atoms with Gasteiger partial charge in [0.25, 0.3) is 0 Å². The molecule has 1 unspecified atom stereocenters. The molecule has 0 aliphatic carbocycles. The molecule has 2 aromatic carbocycles. The molecule has 6 heteroatoms. The van der Waals surface area contributed by atoms with Gasteiger partial charge in [-0.25, -0.2) is 0 Å². The second-order valence-corrected chi connectivity index (χ2v) is 6.29. The lowest BCUT2D eigenvalue weighted by Crippen LogP contribution is -2.14. The van der Waals surface area contributed by atoms with Crippen LogP contribution >= 0.6 is 50.7 Å². The van der Waals surface area contributed by atoms with Gasteiger partial charge in [0, 0.05) is 20.6 Å². The first kappa shape index (κ1) is 15.9. The number of benzene rings is 2. The molecule has 0 saturated heterocycles. The van der Waals surface area contributed by atoms with Crippen LogP contribution in [0, 0.1) is 0 Å². The van der Waals surface area contributed by atoms with Crippen molar-refractivity contribution in [2.24, 2.45) is 5.73 Å². The standard InChI is InChI=1S/C14H11BrCl3NO/c1-20-14-10(5-8(17)6-11(14)15)13(19)9-4-7(16)2-3-12(9)18/h2-6,13H,19H2,1H3. The maximum atomic E-state index is 6.30. The average molecular weight is 396 g/mol. The summed E-state index contributed by atoms with van der Waals surface area (Å²) >= 11 is 21.7. The van der Waals surface area contributed by atoms with Gasteiger partial charge in [0.15, 0.2) is 0 Å². The summed E-state index contributed by atoms with van der Waals surface area (Å²) < 4.78 is 6.11. The fraction of sp³-hybridized carbons (Fsp3) is 0.143. The van der Waals surface area contributed by atoms with Crippen molar-refractivity contribution in [3.8, 4) is 5.75 Å². The summed E-state index contributed by atoms with van der Waals surface area (Å²) in [5.41, 5.74) is 7.74. The van der Waals surface area contributed by atoms with Crippen molar-refractivity contribution < 1.29 is 4.74 Å². The number of rotatable bonds is 3. The minimum Gasteiger partial charge on any atom is -0.495 e. The molecule has 106 valence electrons. The van der Waals surface area contributed by atoms with E-state index in [9.17, 15) is 0 Å². The molecule has 20 heavy (non-hydrogen) atoms. The van der Waals surface area contributed by atoms with Crippen LogP contribution < -0.4 is 10.5 Å². The van der Waals surface area contributed by atoms with Crippen LogP contribution in [0.15, 0.2) is 34.8 Å². The lowest BCUT2D eigenvalue weighted by atomic mass is 9.98. The van der Waals surface area contributed by atoms with Crippen molar-refractivity contribution in [2.45, 2.75) is 6.04 Å². The molecule has 2 N–H and O–H groups in total. The molecule has 2 nitrogen and oxygen atoms in total. The first-order valence-electron chi connectivity index (χ1n) is 5.67. The highest BCUT2D eigenvalue weighted by Crippen LogP contribution is 2.39. The average Bonchev–Trinajstić information content (AvgIpc) is 2.40. The minimum absolute atomic E-state index is 0.494. The Morgan fingerprint density at radius 3 is 2.35 bits per heavy atom. The molecule has 0 heterocycles. The zero-order valence-corrected chi connectivity index (χ0v) is 14.3. The molecule has 0 aromatic heterocycles. The van der Waals surface area contributed by atoms with Crippen molar-refractivity contribution in [3.63, 3.8) is 0 Å². The van der Waals surface area contributed by atoms with Gasteiger partial charge < -0.3 is 10.5 Å². The Bertz CT molecular complexity index is 649. The molecule has 0 fully saturated rings. The highest BCUT2D eigenvalue weighted by Gasteiger charge is 2.20. The summed E-state index contributed by atoms with van der Waals surface area (Å²) in [6, 6.07) is 8.17. The molecule has 0 spiro atoms. The van der Waals surface area contributed by atoms with Crippen LogP contribution in [-0.4, -0.2) is 7.11 Å². The summed E-state index contributed by atoms with van der Waals surface area (Å²) in [7, 11) is 1.57. The van der Waals surface area contributed by atoms with Gasteiger partial charge in [0.1, 0.15) is 5.75 Å². The number of ether oxygens (including phenoxy) is 1. The summed E-state index contributed by atoms with van der Waals surface area (Å²) in [4.78, 5) is 0. The van der Waals surface area contributed by atoms with Crippen molar-refractivity contribution in [1.29, 1.82) is 0 Å². The lowest BCUT2D eigenvalue weighted by Gasteiger charge is -2.19. The van der Waals surface area contributed by atoms with Crippen molar-refractivity contribution in [2.75, 3.05) is 7.11 Å². The quantitative estimate of drug-likeness (QED) is 0.748. The van der Waals surface area contributed by atoms with Crippen LogP contribution in [0.3, 0.4) is 0 Å². The highest BCUT2D eigenvalue weighted by molar-refractivity contribution is 9.10. The van der Waals surface area contributed by atoms with Gasteiger partial charge in [-0.05, 0) is 51.8 Å². The largest absolute Gasteiger partial charge is 0.495 e. The Kier molecular flexibility index (Phi) is 5.21. The van der Waals surface area contributed by atoms with Gasteiger partial charge in [0.05, 0.1) is 17.6 Å². The van der Waals surface area contributed by atoms with Crippen molar-refractivity contribution in [1.82, 2.24) is 0 Å². The van der Waals surface area contributed by atoms with Gasteiger partial charge in [-0.1, -0.05) is 34.8 Å². The van der Waals surface area contributed by atoms with Crippen LogP contribution in [-0.2, 0) is 0 Å². The van der Waals surface area contributed by atoms with E-state index in [1.54, 1.807) is 37.4 Å². The predicted molar refractivity (Wildman–Crippen MR) is 88.2 cm³/mol. The predicted octanol–water partition coefficient (Wildman–Crippen LogP) is 5.47. The summed E-state index contributed by atoms with van der Waals surface area (Å²) in [5, 5.41) is 1.67. The highest BCUT2D eigenvalue weighted by atomic mass is 79.9. The van der Waals surface area contributed by atoms with Crippen LogP contribution in [0.5, 0.6) is 5.75 Å². The number of methoxy groups -OCH3 is 1. The van der Waals surface area contributed by atoms with E-state index >= 15 is 0 Å². The van der Waals surface area contributed by atoms with Crippen molar-refractivity contribution >= 4 is 50.7 Å². The summed E-state index contributed by atoms with van der Waals surface area (Å²) in [5.74, 6) is 0.623. The maximum absolute atomic E-state index is 6.30. The first-order chi connectivity index (χ1) is 9.43. The SMILES string of the molecule is COc1c(Br)cc(Cl)cc1C(N)c1cc(Cl)ccc1Cl. The fourth-order valence-corrected chi connectivity index (χ4v) is 3.36. The van der Waals surface area contributed by atoms with E-state index in [1.807, 2.05) is 0 Å². The second-order valence-electron chi connectivity index (χ2n) is 4.15. The molecule has 0 aliphatic rings. The summed E-state index contributed by atoms with van der Waals surface area (Å²) in [6.07, 6.45) is 0. The van der Waals surface area contributed by atoms with E-state index in [2.05, 4.69) is 15.9 Å². The van der Waals surface area contributed by atoms with E-state index in [-0.39, 0.29) is 0 Å². The third-order valence-corrected chi connectivity index (χ3v) is 4.26. The third-order valence-electron chi connectivity index (χ3n) is 2.87. The van der Waals surface area contributed by atoms with Gasteiger partial charge in [-0.15, -0.1) is 0 Å². The molecular formula is C14H11BrCl3NO. The number of halogens is 4. The molecule has 1 atom stereocenters. The molecule has 2 rings (SSSR count). The van der Waals surface area contributed by atoms with Crippen molar-refractivity contribution in [3.05, 3.63) is 61.0 Å². The van der Waals surface area contributed by atoms with E-state index in [0.29, 0.717) is 26.4 Å². The first-order valence-corrected chi connectivity index (χ1v) is 7.60. The van der Waals surface area contributed by atoms with E-state index in [0.717, 1.165) is 10.0 Å². The molecule has 0 saturated carbocycles. The molecular weight excluding hydrogens is 384 g/mol. The van der Waals surface area contributed by atoms with E-state index in [1.165, 1.54) is 0 Å². The van der Waals surface area contributed by atoms with Crippen LogP contribution in [0.4, 0.5) is 0 Å². The Hall–Kier alpha value is -0.450. The molecule has 0 bridgehead atoms. The van der Waals surface area contributed by atoms with Crippen LogP contribution in [0.1, 0.15) is 17.2 Å². The van der Waals surface area contributed by atoms with Gasteiger partial charge in [0.2, 0.25) is 0 Å². The third kappa shape index (κ3) is 3.23. The topological polar surface area (TPSA) is 35.2 Å². The van der Waals surface area contributed by atoms with Crippen LogP contribution in [0.2, 0.25) is 15.1 Å². The second kappa shape index (κ2) is 6.54. The Morgan fingerprint density at radius 2 is 1.70 bits per heavy atom. The molecule has 0 aliphatic heterocycles. The Balaban J connectivity index is 2.58. The number of hydrogen-bond donors (Lipinski definition) is 1. The monoisotopic (exact) mass is 393 g/mol. The normalized spacial score (nSPS) is 12.3. The summed E-state index contributed by atoms with van der Waals surface area (Å²) in [6.45, 7) is 0. The molecule has 0 radical (unpaired) electrons. The smallest absolute Gasteiger partial charge is 0.138 e. The Labute approximate surface area is 140 Å². The zero-order chi connectivity index (χ0) is 14.9. The maximum Gasteiger partial charge on any atom is 0.138 e. The molecule has 2 aromatic rings. The van der Waals surface area contributed by atoms with Gasteiger partial charge >= 0.3 is 0 Å². The lowest BCUT2D eigenvalue weighted by molar-refractivity contribution is 0.405. The number of hydrogen-bond acceptors (Lipinski definition) is 2. The van der Waals surface area contributed by atoms with Gasteiger partial charge in [-0.2, -0.15) is 0 Å². The van der Waals surface area contributed by atoms with Crippen LogP contribution in [0.25, 0.3) is 0 Å². The Morgan fingerprint density at radius 1 is 1.05 bits per heavy atom. The van der Waals surface area contributed by atoms with E-state index < -0.39 is 6.04 Å². The minimum atomic E-state index is -0.494. The fourth-order valence-electron chi connectivity index (χ4n) is 1.95. The van der Waals surface area contributed by atoms with Gasteiger partial charge in [-0.3, -0.25) is 0 Å². The van der Waals surface area contributed by atoms with E-state index in [4.69, 9.17) is 45.3 Å². The molecule has 0 amide bonds.